The van der Waals surface area contributed by atoms with Crippen molar-refractivity contribution in [2.75, 3.05) is 12.3 Å². The summed E-state index contributed by atoms with van der Waals surface area (Å²) in [6, 6.07) is 19.7. The van der Waals surface area contributed by atoms with E-state index in [-0.39, 0.29) is 0 Å². The number of hydrogen-bond acceptors (Lipinski definition) is 2. The number of nitrogens with one attached hydrogen (secondary N) is 1. The fraction of sp³-hybridized carbons (Fsp3) is 0.333. The zero-order valence-corrected chi connectivity index (χ0v) is 13.1. The third kappa shape index (κ3) is 4.39. The third-order valence-corrected chi connectivity index (χ3v) is 4.47. The average Bonchev–Trinajstić information content (AvgIpc) is 2.49. The van der Waals surface area contributed by atoms with Crippen LogP contribution in [0.3, 0.4) is 0 Å². The molecule has 0 heterocycles. The van der Waals surface area contributed by atoms with Crippen molar-refractivity contribution >= 4 is 11.8 Å². The first-order valence-corrected chi connectivity index (χ1v) is 8.26. The number of thioether (sulfide) groups is 1. The Bertz CT molecular complexity index is 510. The van der Waals surface area contributed by atoms with Crippen LogP contribution in [0.25, 0.3) is 0 Å². The quantitative estimate of drug-likeness (QED) is 0.731. The van der Waals surface area contributed by atoms with Crippen molar-refractivity contribution in [3.05, 3.63) is 65.7 Å². The molecular formula is C18H23NS. The van der Waals surface area contributed by atoms with Gasteiger partial charge in [-0.2, -0.15) is 0 Å². The van der Waals surface area contributed by atoms with E-state index in [9.17, 15) is 0 Å². The van der Waals surface area contributed by atoms with E-state index in [1.165, 1.54) is 22.4 Å². The first-order chi connectivity index (χ1) is 9.81. The Morgan fingerprint density at radius 2 is 1.70 bits per heavy atom. The first-order valence-electron chi connectivity index (χ1n) is 7.28. The van der Waals surface area contributed by atoms with Crippen molar-refractivity contribution in [2.24, 2.45) is 0 Å². The maximum absolute atomic E-state index is 3.68. The molecule has 20 heavy (non-hydrogen) atoms. The van der Waals surface area contributed by atoms with Crippen molar-refractivity contribution in [3.8, 4) is 0 Å². The molecule has 1 unspecified atom stereocenters. The summed E-state index contributed by atoms with van der Waals surface area (Å²) in [6.45, 7) is 5.48. The molecule has 2 aromatic rings. The van der Waals surface area contributed by atoms with Gasteiger partial charge in [0.1, 0.15) is 0 Å². The first kappa shape index (κ1) is 15.1. The van der Waals surface area contributed by atoms with Crippen LogP contribution < -0.4 is 5.32 Å². The monoisotopic (exact) mass is 285 g/mol. The second-order valence-corrected chi connectivity index (χ2v) is 6.08. The van der Waals surface area contributed by atoms with Crippen LogP contribution in [0.2, 0.25) is 0 Å². The Morgan fingerprint density at radius 1 is 1.00 bits per heavy atom. The van der Waals surface area contributed by atoms with E-state index in [1.807, 2.05) is 11.8 Å². The van der Waals surface area contributed by atoms with Gasteiger partial charge in [0.25, 0.3) is 0 Å². The summed E-state index contributed by atoms with van der Waals surface area (Å²) < 4.78 is 0. The highest BCUT2D eigenvalue weighted by molar-refractivity contribution is 7.99. The van der Waals surface area contributed by atoms with Gasteiger partial charge in [-0.25, -0.2) is 0 Å². The summed E-state index contributed by atoms with van der Waals surface area (Å²) in [6.07, 6.45) is 1.17. The lowest BCUT2D eigenvalue weighted by Crippen LogP contribution is -2.24. The molecule has 2 rings (SSSR count). The molecule has 0 aliphatic carbocycles. The van der Waals surface area contributed by atoms with E-state index in [0.717, 1.165) is 12.3 Å². The van der Waals surface area contributed by atoms with Crippen molar-refractivity contribution < 1.29 is 0 Å². The standard InChI is InChI=1S/C18H23NS/c1-3-13-19-18(17-12-8-7-9-15(17)2)14-20-16-10-5-4-6-11-16/h4-12,18-19H,3,13-14H2,1-2H3. The van der Waals surface area contributed by atoms with Crippen LogP contribution in [0.15, 0.2) is 59.5 Å². The molecule has 0 spiro atoms. The van der Waals surface area contributed by atoms with Crippen LogP contribution in [-0.4, -0.2) is 12.3 Å². The SMILES string of the molecule is CCCNC(CSc1ccccc1)c1ccccc1C. The molecular weight excluding hydrogens is 262 g/mol. The van der Waals surface area contributed by atoms with Gasteiger partial charge in [-0.1, -0.05) is 49.4 Å². The fourth-order valence-electron chi connectivity index (χ4n) is 2.25. The highest BCUT2D eigenvalue weighted by Gasteiger charge is 2.12. The zero-order chi connectivity index (χ0) is 14.2. The highest BCUT2D eigenvalue weighted by Crippen LogP contribution is 2.26. The normalized spacial score (nSPS) is 12.3. The topological polar surface area (TPSA) is 12.0 Å². The van der Waals surface area contributed by atoms with Crippen LogP contribution in [-0.2, 0) is 0 Å². The summed E-state index contributed by atoms with van der Waals surface area (Å²) in [5.41, 5.74) is 2.79. The molecule has 0 aliphatic heterocycles. The van der Waals surface area contributed by atoms with Crippen molar-refractivity contribution in [3.63, 3.8) is 0 Å². The number of hydrogen-bond donors (Lipinski definition) is 1. The number of rotatable bonds is 7. The Kier molecular flexibility index (Phi) is 6.16. The maximum Gasteiger partial charge on any atom is 0.0418 e. The molecule has 1 nitrogen and oxygen atoms in total. The van der Waals surface area contributed by atoms with Gasteiger partial charge < -0.3 is 5.32 Å². The number of aryl methyl sites for hydroxylation is 1. The smallest absolute Gasteiger partial charge is 0.0418 e. The van der Waals surface area contributed by atoms with E-state index >= 15 is 0 Å². The van der Waals surface area contributed by atoms with Crippen LogP contribution in [0.1, 0.15) is 30.5 Å². The summed E-state index contributed by atoms with van der Waals surface area (Å²) >= 11 is 1.92. The van der Waals surface area contributed by atoms with Gasteiger partial charge in [-0.15, -0.1) is 11.8 Å². The van der Waals surface area contributed by atoms with Crippen LogP contribution in [0, 0.1) is 6.92 Å². The van der Waals surface area contributed by atoms with Crippen molar-refractivity contribution in [1.29, 1.82) is 0 Å². The minimum absolute atomic E-state index is 0.418. The lowest BCUT2D eigenvalue weighted by atomic mass is 10.0. The average molecular weight is 285 g/mol. The molecule has 2 aromatic carbocycles. The Labute approximate surface area is 126 Å². The minimum Gasteiger partial charge on any atom is -0.309 e. The fourth-order valence-corrected chi connectivity index (χ4v) is 3.26. The van der Waals surface area contributed by atoms with E-state index in [2.05, 4.69) is 73.8 Å². The van der Waals surface area contributed by atoms with Gasteiger partial charge in [0.2, 0.25) is 0 Å². The summed E-state index contributed by atoms with van der Waals surface area (Å²) in [5, 5.41) is 3.68. The molecule has 0 saturated heterocycles. The second-order valence-electron chi connectivity index (χ2n) is 4.99. The summed E-state index contributed by atoms with van der Waals surface area (Å²) in [7, 11) is 0. The van der Waals surface area contributed by atoms with Crippen LogP contribution >= 0.6 is 11.8 Å². The Morgan fingerprint density at radius 3 is 2.40 bits per heavy atom. The zero-order valence-electron chi connectivity index (χ0n) is 12.3. The van der Waals surface area contributed by atoms with Gasteiger partial charge >= 0.3 is 0 Å². The van der Waals surface area contributed by atoms with Crippen molar-refractivity contribution in [1.82, 2.24) is 5.32 Å². The lowest BCUT2D eigenvalue weighted by Gasteiger charge is -2.20. The molecule has 1 atom stereocenters. The van der Waals surface area contributed by atoms with E-state index in [0.29, 0.717) is 6.04 Å². The summed E-state index contributed by atoms with van der Waals surface area (Å²) in [5.74, 6) is 1.06. The summed E-state index contributed by atoms with van der Waals surface area (Å²) in [4.78, 5) is 1.34. The van der Waals surface area contributed by atoms with Crippen LogP contribution in [0.5, 0.6) is 0 Å². The Hall–Kier alpha value is -1.25. The van der Waals surface area contributed by atoms with E-state index < -0.39 is 0 Å². The maximum atomic E-state index is 3.68. The molecule has 106 valence electrons. The predicted octanol–water partition coefficient (Wildman–Crippen LogP) is 4.83. The molecule has 1 N–H and O–H groups in total. The number of benzene rings is 2. The molecule has 0 aliphatic rings. The van der Waals surface area contributed by atoms with Crippen LogP contribution in [0.4, 0.5) is 0 Å². The Balaban J connectivity index is 2.06. The molecule has 0 saturated carbocycles. The molecule has 2 heteroatoms. The molecule has 0 bridgehead atoms. The predicted molar refractivity (Wildman–Crippen MR) is 89.4 cm³/mol. The second kappa shape index (κ2) is 8.13. The van der Waals surface area contributed by atoms with Gasteiger partial charge in [0.15, 0.2) is 0 Å². The molecule has 0 amide bonds. The molecule has 0 radical (unpaired) electrons. The molecule has 0 aromatic heterocycles. The van der Waals surface area contributed by atoms with Crippen molar-refractivity contribution in [2.45, 2.75) is 31.2 Å². The molecule has 0 fully saturated rings. The highest BCUT2D eigenvalue weighted by atomic mass is 32.2. The third-order valence-electron chi connectivity index (χ3n) is 3.36. The van der Waals surface area contributed by atoms with E-state index in [1.54, 1.807) is 0 Å². The largest absolute Gasteiger partial charge is 0.309 e. The van der Waals surface area contributed by atoms with Gasteiger partial charge in [0, 0.05) is 16.7 Å². The van der Waals surface area contributed by atoms with Gasteiger partial charge in [0.05, 0.1) is 0 Å². The lowest BCUT2D eigenvalue weighted by molar-refractivity contribution is 0.575. The minimum atomic E-state index is 0.418. The van der Waals surface area contributed by atoms with Gasteiger partial charge in [-0.3, -0.25) is 0 Å². The van der Waals surface area contributed by atoms with E-state index in [4.69, 9.17) is 0 Å². The van der Waals surface area contributed by atoms with Gasteiger partial charge in [-0.05, 0) is 43.1 Å².